The van der Waals surface area contributed by atoms with Gasteiger partial charge in [0.1, 0.15) is 5.78 Å². The molecule has 0 spiro atoms. The summed E-state index contributed by atoms with van der Waals surface area (Å²) in [5.74, 6) is 0.178. The van der Waals surface area contributed by atoms with Crippen molar-refractivity contribution in [2.45, 2.75) is 38.0 Å². The van der Waals surface area contributed by atoms with E-state index in [1.807, 2.05) is 6.92 Å². The van der Waals surface area contributed by atoms with Gasteiger partial charge in [-0.2, -0.15) is 4.31 Å². The molecule has 0 N–H and O–H groups in total. The molecule has 0 bridgehead atoms. The summed E-state index contributed by atoms with van der Waals surface area (Å²) in [5.41, 5.74) is -0.331. The number of sulfonamides is 1. The standard InChI is InChI=1S/C15H21NO3S/c1-3-15(13(2)17)9-11-16(12-10-15)20(18,19)14-7-5-4-6-8-14/h4-8H,3,9-12H2,1-2H3. The molecule has 0 radical (unpaired) electrons. The van der Waals surface area contributed by atoms with Gasteiger partial charge in [0.25, 0.3) is 0 Å². The number of hydrogen-bond acceptors (Lipinski definition) is 3. The fourth-order valence-electron chi connectivity index (χ4n) is 2.85. The van der Waals surface area contributed by atoms with Crippen molar-refractivity contribution in [2.75, 3.05) is 13.1 Å². The van der Waals surface area contributed by atoms with Crippen molar-refractivity contribution in [2.24, 2.45) is 5.41 Å². The van der Waals surface area contributed by atoms with Gasteiger partial charge in [0.2, 0.25) is 10.0 Å². The first-order valence-electron chi connectivity index (χ1n) is 6.99. The van der Waals surface area contributed by atoms with Crippen molar-refractivity contribution in [3.63, 3.8) is 0 Å². The molecule has 0 unspecified atom stereocenters. The topological polar surface area (TPSA) is 54.5 Å². The number of piperidine rings is 1. The van der Waals surface area contributed by atoms with Crippen molar-refractivity contribution in [1.29, 1.82) is 0 Å². The highest BCUT2D eigenvalue weighted by molar-refractivity contribution is 7.89. The Morgan fingerprint density at radius 1 is 1.20 bits per heavy atom. The second kappa shape index (κ2) is 5.66. The molecule has 1 heterocycles. The lowest BCUT2D eigenvalue weighted by molar-refractivity contribution is -0.128. The van der Waals surface area contributed by atoms with E-state index in [0.717, 1.165) is 6.42 Å². The summed E-state index contributed by atoms with van der Waals surface area (Å²) in [5, 5.41) is 0. The van der Waals surface area contributed by atoms with Gasteiger partial charge in [-0.15, -0.1) is 0 Å². The molecule has 0 aromatic heterocycles. The fraction of sp³-hybridized carbons (Fsp3) is 0.533. The third-order valence-electron chi connectivity index (χ3n) is 4.48. The number of rotatable bonds is 4. The van der Waals surface area contributed by atoms with Crippen LogP contribution in [0.4, 0.5) is 0 Å². The van der Waals surface area contributed by atoms with Crippen LogP contribution in [0.15, 0.2) is 35.2 Å². The van der Waals surface area contributed by atoms with Gasteiger partial charge in [0.15, 0.2) is 0 Å². The molecule has 1 fully saturated rings. The van der Waals surface area contributed by atoms with E-state index in [9.17, 15) is 13.2 Å². The lowest BCUT2D eigenvalue weighted by Gasteiger charge is -2.39. The van der Waals surface area contributed by atoms with Gasteiger partial charge in [0, 0.05) is 18.5 Å². The van der Waals surface area contributed by atoms with Crippen LogP contribution in [-0.4, -0.2) is 31.6 Å². The van der Waals surface area contributed by atoms with Gasteiger partial charge in [-0.25, -0.2) is 8.42 Å². The highest BCUT2D eigenvalue weighted by atomic mass is 32.2. The maximum atomic E-state index is 12.5. The van der Waals surface area contributed by atoms with E-state index in [0.29, 0.717) is 30.8 Å². The predicted octanol–water partition coefficient (Wildman–Crippen LogP) is 2.46. The molecule has 0 saturated carbocycles. The summed E-state index contributed by atoms with van der Waals surface area (Å²) in [6, 6.07) is 8.47. The molecule has 1 aliphatic heterocycles. The highest BCUT2D eigenvalue weighted by Crippen LogP contribution is 2.37. The van der Waals surface area contributed by atoms with E-state index in [1.54, 1.807) is 37.3 Å². The Bertz CT molecular complexity index is 572. The predicted molar refractivity (Wildman–Crippen MR) is 77.8 cm³/mol. The minimum atomic E-state index is -3.42. The zero-order valence-corrected chi connectivity index (χ0v) is 12.8. The molecule has 20 heavy (non-hydrogen) atoms. The van der Waals surface area contributed by atoms with Gasteiger partial charge >= 0.3 is 0 Å². The molecule has 1 aromatic carbocycles. The van der Waals surface area contributed by atoms with Gasteiger partial charge < -0.3 is 0 Å². The Balaban J connectivity index is 2.17. The maximum Gasteiger partial charge on any atom is 0.243 e. The quantitative estimate of drug-likeness (QED) is 0.857. The molecule has 0 atom stereocenters. The van der Waals surface area contributed by atoms with Crippen molar-refractivity contribution >= 4 is 15.8 Å². The van der Waals surface area contributed by atoms with Crippen molar-refractivity contribution < 1.29 is 13.2 Å². The van der Waals surface area contributed by atoms with Crippen LogP contribution in [0, 0.1) is 5.41 Å². The molecular formula is C15H21NO3S. The molecular weight excluding hydrogens is 274 g/mol. The Labute approximate surface area is 120 Å². The summed E-state index contributed by atoms with van der Waals surface area (Å²) in [4.78, 5) is 12.1. The summed E-state index contributed by atoms with van der Waals surface area (Å²) in [6.07, 6.45) is 2.01. The van der Waals surface area contributed by atoms with E-state index >= 15 is 0 Å². The monoisotopic (exact) mass is 295 g/mol. The average molecular weight is 295 g/mol. The lowest BCUT2D eigenvalue weighted by atomic mass is 9.74. The molecule has 1 aliphatic rings. The SMILES string of the molecule is CCC1(C(C)=O)CCN(S(=O)(=O)c2ccccc2)CC1. The van der Waals surface area contributed by atoms with Crippen molar-refractivity contribution in [1.82, 2.24) is 4.31 Å². The number of carbonyl (C=O) groups is 1. The zero-order valence-electron chi connectivity index (χ0n) is 12.0. The van der Waals surface area contributed by atoms with Crippen LogP contribution in [-0.2, 0) is 14.8 Å². The second-order valence-electron chi connectivity index (χ2n) is 5.41. The highest BCUT2D eigenvalue weighted by Gasteiger charge is 2.40. The molecule has 110 valence electrons. The first-order valence-corrected chi connectivity index (χ1v) is 8.43. The number of benzene rings is 1. The van der Waals surface area contributed by atoms with Gasteiger partial charge in [-0.1, -0.05) is 25.1 Å². The molecule has 4 nitrogen and oxygen atoms in total. The van der Waals surface area contributed by atoms with E-state index < -0.39 is 10.0 Å². The van der Waals surface area contributed by atoms with Crippen LogP contribution in [0.1, 0.15) is 33.1 Å². The number of carbonyl (C=O) groups excluding carboxylic acids is 1. The number of ketones is 1. The molecule has 1 aromatic rings. The van der Waals surface area contributed by atoms with Crippen LogP contribution < -0.4 is 0 Å². The Morgan fingerprint density at radius 3 is 2.20 bits per heavy atom. The maximum absolute atomic E-state index is 12.5. The lowest BCUT2D eigenvalue weighted by Crippen LogP contribution is -2.45. The Morgan fingerprint density at radius 2 is 1.75 bits per heavy atom. The van der Waals surface area contributed by atoms with Crippen LogP contribution >= 0.6 is 0 Å². The first-order chi connectivity index (χ1) is 9.42. The fourth-order valence-corrected chi connectivity index (χ4v) is 4.31. The summed E-state index contributed by atoms with van der Waals surface area (Å²) < 4.78 is 26.5. The average Bonchev–Trinajstić information content (AvgIpc) is 2.48. The first kappa shape index (κ1) is 15.2. The summed E-state index contributed by atoms with van der Waals surface area (Å²) >= 11 is 0. The molecule has 2 rings (SSSR count). The zero-order chi connectivity index (χ0) is 14.8. The van der Waals surface area contributed by atoms with Crippen LogP contribution in [0.5, 0.6) is 0 Å². The van der Waals surface area contributed by atoms with E-state index in [2.05, 4.69) is 0 Å². The normalized spacial score (nSPS) is 19.7. The van der Waals surface area contributed by atoms with Crippen LogP contribution in [0.3, 0.4) is 0 Å². The number of hydrogen-bond donors (Lipinski definition) is 0. The minimum absolute atomic E-state index is 0.178. The summed E-state index contributed by atoms with van der Waals surface area (Å²) in [6.45, 7) is 4.46. The Hall–Kier alpha value is -1.20. The number of nitrogens with zero attached hydrogens (tertiary/aromatic N) is 1. The van der Waals surface area contributed by atoms with E-state index in [1.165, 1.54) is 4.31 Å². The van der Waals surface area contributed by atoms with Gasteiger partial charge in [0.05, 0.1) is 4.90 Å². The largest absolute Gasteiger partial charge is 0.299 e. The van der Waals surface area contributed by atoms with Crippen LogP contribution in [0.25, 0.3) is 0 Å². The van der Waals surface area contributed by atoms with Crippen molar-refractivity contribution in [3.05, 3.63) is 30.3 Å². The van der Waals surface area contributed by atoms with Crippen LogP contribution in [0.2, 0.25) is 0 Å². The molecule has 1 saturated heterocycles. The smallest absolute Gasteiger partial charge is 0.243 e. The summed E-state index contributed by atoms with van der Waals surface area (Å²) in [7, 11) is -3.42. The van der Waals surface area contributed by atoms with E-state index in [4.69, 9.17) is 0 Å². The molecule has 5 heteroatoms. The minimum Gasteiger partial charge on any atom is -0.299 e. The number of Topliss-reactive ketones (excluding diaryl/α,β-unsaturated/α-hetero) is 1. The third-order valence-corrected chi connectivity index (χ3v) is 6.40. The molecule has 0 amide bonds. The van der Waals surface area contributed by atoms with E-state index in [-0.39, 0.29) is 11.2 Å². The molecule has 0 aliphatic carbocycles. The van der Waals surface area contributed by atoms with Crippen molar-refractivity contribution in [3.8, 4) is 0 Å². The second-order valence-corrected chi connectivity index (χ2v) is 7.35. The van der Waals surface area contributed by atoms with Gasteiger partial charge in [-0.3, -0.25) is 4.79 Å². The van der Waals surface area contributed by atoms with Gasteiger partial charge in [-0.05, 0) is 38.3 Å². The Kier molecular flexibility index (Phi) is 4.30. The third kappa shape index (κ3) is 2.65.